The van der Waals surface area contributed by atoms with E-state index in [9.17, 15) is 13.2 Å². The number of aromatic nitrogens is 2. The molecule has 94 valence electrons. The summed E-state index contributed by atoms with van der Waals surface area (Å²) in [6.45, 7) is 0.282. The number of anilines is 1. The van der Waals surface area contributed by atoms with Crippen LogP contribution in [0.4, 0.5) is 5.82 Å². The predicted octanol–water partition coefficient (Wildman–Crippen LogP) is -1.18. The van der Waals surface area contributed by atoms with E-state index in [0.717, 1.165) is 0 Å². The highest BCUT2D eigenvalue weighted by Crippen LogP contribution is 2.17. The third-order valence-corrected chi connectivity index (χ3v) is 4.44. The SMILES string of the molecule is Nc1nonc1C(=O)NCC1CCS(=O)(=O)C1. The van der Waals surface area contributed by atoms with Gasteiger partial charge in [-0.25, -0.2) is 13.0 Å². The molecule has 2 rings (SSSR count). The standard InChI is InChI=1S/C8H12N4O4S/c9-7-6(11-16-12-7)8(13)10-3-5-1-2-17(14,15)4-5/h5H,1-4H2,(H2,9,12)(H,10,13). The van der Waals surface area contributed by atoms with Crippen LogP contribution in [0.2, 0.25) is 0 Å². The van der Waals surface area contributed by atoms with Crippen molar-refractivity contribution in [1.82, 2.24) is 15.6 Å². The third-order valence-electron chi connectivity index (χ3n) is 2.61. The number of nitrogens with zero attached hydrogens (tertiary/aromatic N) is 2. The van der Waals surface area contributed by atoms with Crippen LogP contribution >= 0.6 is 0 Å². The van der Waals surface area contributed by atoms with E-state index in [1.807, 2.05) is 0 Å². The van der Waals surface area contributed by atoms with E-state index in [0.29, 0.717) is 6.42 Å². The summed E-state index contributed by atoms with van der Waals surface area (Å²) in [6, 6.07) is 0. The van der Waals surface area contributed by atoms with Gasteiger partial charge in [-0.15, -0.1) is 0 Å². The van der Waals surface area contributed by atoms with Gasteiger partial charge in [0.15, 0.2) is 9.84 Å². The van der Waals surface area contributed by atoms with Crippen molar-refractivity contribution in [2.45, 2.75) is 6.42 Å². The number of nitrogen functional groups attached to an aromatic ring is 1. The monoisotopic (exact) mass is 260 g/mol. The van der Waals surface area contributed by atoms with Gasteiger partial charge in [0, 0.05) is 6.54 Å². The van der Waals surface area contributed by atoms with Gasteiger partial charge in [-0.1, -0.05) is 0 Å². The molecule has 0 aliphatic carbocycles. The Kier molecular flexibility index (Phi) is 3.01. The van der Waals surface area contributed by atoms with Crippen LogP contribution in [0.3, 0.4) is 0 Å². The first-order valence-corrected chi connectivity index (χ1v) is 6.87. The largest absolute Gasteiger partial charge is 0.379 e. The molecule has 17 heavy (non-hydrogen) atoms. The van der Waals surface area contributed by atoms with Gasteiger partial charge in [0.05, 0.1) is 11.5 Å². The molecule has 1 fully saturated rings. The van der Waals surface area contributed by atoms with Crippen molar-refractivity contribution in [3.8, 4) is 0 Å². The van der Waals surface area contributed by atoms with Crippen molar-refractivity contribution in [3.05, 3.63) is 5.69 Å². The molecule has 0 radical (unpaired) electrons. The maximum absolute atomic E-state index is 11.5. The lowest BCUT2D eigenvalue weighted by Crippen LogP contribution is -2.30. The van der Waals surface area contributed by atoms with Gasteiger partial charge < -0.3 is 11.1 Å². The molecular weight excluding hydrogens is 248 g/mol. The molecule has 1 aromatic rings. The van der Waals surface area contributed by atoms with Crippen LogP contribution in [0.5, 0.6) is 0 Å². The van der Waals surface area contributed by atoms with Gasteiger partial charge in [-0.2, -0.15) is 0 Å². The lowest BCUT2D eigenvalue weighted by atomic mass is 10.1. The first-order chi connectivity index (χ1) is 7.98. The van der Waals surface area contributed by atoms with Crippen molar-refractivity contribution in [1.29, 1.82) is 0 Å². The number of rotatable bonds is 3. The molecule has 0 aromatic carbocycles. The van der Waals surface area contributed by atoms with Crippen LogP contribution in [-0.2, 0) is 9.84 Å². The fourth-order valence-corrected chi connectivity index (χ4v) is 3.57. The molecule has 0 bridgehead atoms. The van der Waals surface area contributed by atoms with Gasteiger partial charge in [0.25, 0.3) is 5.91 Å². The van der Waals surface area contributed by atoms with E-state index in [4.69, 9.17) is 5.73 Å². The Bertz CT molecular complexity index is 523. The van der Waals surface area contributed by atoms with Crippen LogP contribution in [0.15, 0.2) is 4.63 Å². The molecule has 1 unspecified atom stereocenters. The van der Waals surface area contributed by atoms with Crippen molar-refractivity contribution < 1.29 is 17.8 Å². The van der Waals surface area contributed by atoms with Gasteiger partial charge in [-0.3, -0.25) is 4.79 Å². The molecule has 1 aliphatic heterocycles. The Hall–Kier alpha value is -1.64. The second-order valence-corrected chi connectivity index (χ2v) is 6.21. The summed E-state index contributed by atoms with van der Waals surface area (Å²) >= 11 is 0. The molecule has 1 aromatic heterocycles. The lowest BCUT2D eigenvalue weighted by molar-refractivity contribution is 0.0939. The fraction of sp³-hybridized carbons (Fsp3) is 0.625. The number of amides is 1. The van der Waals surface area contributed by atoms with Crippen LogP contribution in [0.25, 0.3) is 0 Å². The number of carbonyl (C=O) groups is 1. The molecule has 1 aliphatic rings. The predicted molar refractivity (Wildman–Crippen MR) is 57.8 cm³/mol. The molecule has 1 amide bonds. The first-order valence-electron chi connectivity index (χ1n) is 5.04. The number of sulfone groups is 1. The van der Waals surface area contributed by atoms with E-state index in [1.165, 1.54) is 0 Å². The minimum absolute atomic E-state index is 0.0509. The highest BCUT2D eigenvalue weighted by atomic mass is 32.2. The Labute approximate surface area is 97.4 Å². The second-order valence-electron chi connectivity index (χ2n) is 3.98. The second kappa shape index (κ2) is 4.32. The normalized spacial score (nSPS) is 22.5. The summed E-state index contributed by atoms with van der Waals surface area (Å²) in [7, 11) is -2.93. The van der Waals surface area contributed by atoms with Crippen LogP contribution in [0, 0.1) is 5.92 Å². The average Bonchev–Trinajstić information content (AvgIpc) is 2.81. The highest BCUT2D eigenvalue weighted by molar-refractivity contribution is 7.91. The van der Waals surface area contributed by atoms with Gasteiger partial charge in [-0.05, 0) is 22.7 Å². The molecule has 1 atom stereocenters. The molecular formula is C8H12N4O4S. The maximum Gasteiger partial charge on any atom is 0.277 e. The van der Waals surface area contributed by atoms with Crippen LogP contribution < -0.4 is 11.1 Å². The maximum atomic E-state index is 11.5. The lowest BCUT2D eigenvalue weighted by Gasteiger charge is -2.07. The Morgan fingerprint density at radius 1 is 1.53 bits per heavy atom. The number of nitrogens with one attached hydrogen (secondary N) is 1. The zero-order chi connectivity index (χ0) is 12.5. The van der Waals surface area contributed by atoms with Crippen molar-refractivity contribution >= 4 is 21.6 Å². The number of carbonyl (C=O) groups excluding carboxylic acids is 1. The van der Waals surface area contributed by atoms with E-state index in [2.05, 4.69) is 20.3 Å². The molecule has 9 heteroatoms. The number of nitrogens with two attached hydrogens (primary N) is 1. The molecule has 0 spiro atoms. The smallest absolute Gasteiger partial charge is 0.277 e. The minimum atomic E-state index is -2.93. The van der Waals surface area contributed by atoms with Crippen molar-refractivity contribution in [2.75, 3.05) is 23.8 Å². The van der Waals surface area contributed by atoms with Gasteiger partial charge in [0.2, 0.25) is 11.5 Å². The Morgan fingerprint density at radius 3 is 2.82 bits per heavy atom. The summed E-state index contributed by atoms with van der Waals surface area (Å²) < 4.78 is 26.7. The van der Waals surface area contributed by atoms with E-state index in [-0.39, 0.29) is 35.5 Å². The topological polar surface area (TPSA) is 128 Å². The Balaban J connectivity index is 1.88. The average molecular weight is 260 g/mol. The summed E-state index contributed by atoms with van der Waals surface area (Å²) in [5, 5.41) is 9.18. The zero-order valence-electron chi connectivity index (χ0n) is 8.92. The molecule has 1 saturated heterocycles. The fourth-order valence-electron chi connectivity index (χ4n) is 1.71. The highest BCUT2D eigenvalue weighted by Gasteiger charge is 2.28. The summed E-state index contributed by atoms with van der Waals surface area (Å²) in [6.07, 6.45) is 0.565. The summed E-state index contributed by atoms with van der Waals surface area (Å²) in [4.78, 5) is 11.5. The quantitative estimate of drug-likeness (QED) is 0.699. The number of hydrogen-bond acceptors (Lipinski definition) is 7. The zero-order valence-corrected chi connectivity index (χ0v) is 9.74. The molecule has 0 saturated carbocycles. The number of hydrogen-bond donors (Lipinski definition) is 2. The summed E-state index contributed by atoms with van der Waals surface area (Å²) in [5.74, 6) is -0.347. The molecule has 3 N–H and O–H groups in total. The van der Waals surface area contributed by atoms with E-state index < -0.39 is 15.7 Å². The first kappa shape index (κ1) is 11.8. The van der Waals surface area contributed by atoms with Crippen molar-refractivity contribution in [2.24, 2.45) is 5.92 Å². The molecule has 2 heterocycles. The van der Waals surface area contributed by atoms with E-state index >= 15 is 0 Å². The summed E-state index contributed by atoms with van der Waals surface area (Å²) in [5.41, 5.74) is 5.27. The van der Waals surface area contributed by atoms with Gasteiger partial charge in [0.1, 0.15) is 0 Å². The molecule has 8 nitrogen and oxygen atoms in total. The van der Waals surface area contributed by atoms with Crippen LogP contribution in [-0.4, -0.2) is 42.7 Å². The van der Waals surface area contributed by atoms with Crippen molar-refractivity contribution in [3.63, 3.8) is 0 Å². The van der Waals surface area contributed by atoms with E-state index in [1.54, 1.807) is 0 Å². The van der Waals surface area contributed by atoms with Crippen LogP contribution in [0.1, 0.15) is 16.9 Å². The third kappa shape index (κ3) is 2.73. The Morgan fingerprint density at radius 2 is 2.29 bits per heavy atom. The minimum Gasteiger partial charge on any atom is -0.379 e. The van der Waals surface area contributed by atoms with Gasteiger partial charge >= 0.3 is 0 Å².